The zero-order valence-electron chi connectivity index (χ0n) is 13.3. The number of nitrogens with one attached hydrogen (secondary N) is 1. The van der Waals surface area contributed by atoms with Gasteiger partial charge in [0.25, 0.3) is 0 Å². The van der Waals surface area contributed by atoms with E-state index in [0.29, 0.717) is 29.4 Å². The van der Waals surface area contributed by atoms with E-state index in [2.05, 4.69) is 35.8 Å². The number of sulfonamides is 1. The van der Waals surface area contributed by atoms with E-state index in [-0.39, 0.29) is 6.04 Å². The van der Waals surface area contributed by atoms with Crippen LogP contribution >= 0.6 is 27.3 Å². The van der Waals surface area contributed by atoms with Crippen molar-refractivity contribution < 1.29 is 8.42 Å². The summed E-state index contributed by atoms with van der Waals surface area (Å²) in [7, 11) is -3.51. The van der Waals surface area contributed by atoms with Gasteiger partial charge in [-0.25, -0.2) is 18.1 Å². The number of aryl methyl sites for hydroxylation is 1. The number of rotatable bonds is 4. The van der Waals surface area contributed by atoms with E-state index in [1.807, 2.05) is 22.4 Å². The fourth-order valence-corrected chi connectivity index (χ4v) is 6.21. The molecule has 0 aliphatic carbocycles. The Morgan fingerprint density at radius 1 is 1.36 bits per heavy atom. The molecule has 11 heteroatoms. The van der Waals surface area contributed by atoms with Gasteiger partial charge in [-0.05, 0) is 41.4 Å². The highest BCUT2D eigenvalue weighted by Crippen LogP contribution is 2.27. The lowest BCUT2D eigenvalue weighted by Gasteiger charge is -2.18. The Morgan fingerprint density at radius 3 is 2.96 bits per heavy atom. The van der Waals surface area contributed by atoms with E-state index >= 15 is 0 Å². The summed E-state index contributed by atoms with van der Waals surface area (Å²) in [5.74, 6) is 1.52. The summed E-state index contributed by atoms with van der Waals surface area (Å²) in [4.78, 5) is 6.46. The van der Waals surface area contributed by atoms with Crippen molar-refractivity contribution in [2.24, 2.45) is 0 Å². The Morgan fingerprint density at radius 2 is 2.20 bits per heavy atom. The van der Waals surface area contributed by atoms with Crippen LogP contribution in [0, 0.1) is 6.92 Å². The maximum Gasteiger partial charge on any atom is 0.250 e. The van der Waals surface area contributed by atoms with Crippen molar-refractivity contribution in [3.63, 3.8) is 0 Å². The predicted octanol–water partition coefficient (Wildman–Crippen LogP) is 1.81. The number of hydrogen-bond acceptors (Lipinski definition) is 7. The Bertz CT molecular complexity index is 1030. The van der Waals surface area contributed by atoms with Gasteiger partial charge in [-0.2, -0.15) is 0 Å². The van der Waals surface area contributed by atoms with Gasteiger partial charge in [-0.3, -0.25) is 4.40 Å². The molecule has 1 N–H and O–H groups in total. The van der Waals surface area contributed by atoms with Gasteiger partial charge in [-0.1, -0.05) is 0 Å². The van der Waals surface area contributed by atoms with Crippen LogP contribution in [0.15, 0.2) is 32.5 Å². The van der Waals surface area contributed by atoms with Crippen molar-refractivity contribution in [3.05, 3.63) is 34.1 Å². The largest absolute Gasteiger partial charge is 0.352 e. The second kappa shape index (κ2) is 6.31. The molecule has 0 unspecified atom stereocenters. The second-order valence-corrected chi connectivity index (χ2v) is 10.2. The van der Waals surface area contributed by atoms with Crippen molar-refractivity contribution in [3.8, 4) is 0 Å². The summed E-state index contributed by atoms with van der Waals surface area (Å²) >= 11 is 4.50. The SMILES string of the molecule is Cc1nnc2c(N3CC[C@@H](NS(=O)(=O)c4ccc(Br)s4)C3)nccn12. The lowest BCUT2D eigenvalue weighted by Crippen LogP contribution is -2.37. The summed E-state index contributed by atoms with van der Waals surface area (Å²) in [6.07, 6.45) is 4.24. The van der Waals surface area contributed by atoms with Crippen molar-refractivity contribution in [2.75, 3.05) is 18.0 Å². The highest BCUT2D eigenvalue weighted by Gasteiger charge is 2.30. The van der Waals surface area contributed by atoms with Crippen LogP contribution in [0.4, 0.5) is 5.82 Å². The summed E-state index contributed by atoms with van der Waals surface area (Å²) in [5.41, 5.74) is 0.686. The summed E-state index contributed by atoms with van der Waals surface area (Å²) in [6.45, 7) is 3.13. The number of anilines is 1. The first-order valence-corrected chi connectivity index (χ1v) is 10.7. The first-order valence-electron chi connectivity index (χ1n) is 7.63. The molecule has 3 aromatic rings. The molecule has 1 saturated heterocycles. The molecule has 3 aromatic heterocycles. The molecule has 8 nitrogen and oxygen atoms in total. The Kier molecular flexibility index (Phi) is 4.26. The van der Waals surface area contributed by atoms with E-state index < -0.39 is 10.0 Å². The highest BCUT2D eigenvalue weighted by molar-refractivity contribution is 9.11. The van der Waals surface area contributed by atoms with Gasteiger partial charge >= 0.3 is 0 Å². The molecule has 0 saturated carbocycles. The van der Waals surface area contributed by atoms with Gasteiger partial charge < -0.3 is 4.90 Å². The van der Waals surface area contributed by atoms with Crippen LogP contribution in [0.25, 0.3) is 5.65 Å². The smallest absolute Gasteiger partial charge is 0.250 e. The fourth-order valence-electron chi connectivity index (χ4n) is 2.92. The molecule has 132 valence electrons. The number of fused-ring (bicyclic) bond motifs is 1. The third-order valence-corrected chi connectivity index (χ3v) is 7.74. The monoisotopic (exact) mass is 442 g/mol. The van der Waals surface area contributed by atoms with Crippen LogP contribution in [-0.2, 0) is 10.0 Å². The van der Waals surface area contributed by atoms with Gasteiger partial charge in [0, 0.05) is 31.5 Å². The van der Waals surface area contributed by atoms with Gasteiger partial charge in [0.05, 0.1) is 3.79 Å². The molecule has 1 atom stereocenters. The number of thiophene rings is 1. The van der Waals surface area contributed by atoms with E-state index in [9.17, 15) is 8.42 Å². The minimum Gasteiger partial charge on any atom is -0.352 e. The molecule has 25 heavy (non-hydrogen) atoms. The average molecular weight is 443 g/mol. The number of aromatic nitrogens is 4. The maximum absolute atomic E-state index is 12.5. The third kappa shape index (κ3) is 3.16. The van der Waals surface area contributed by atoms with Crippen molar-refractivity contribution >= 4 is 48.8 Å². The van der Waals surface area contributed by atoms with Crippen LogP contribution in [0.1, 0.15) is 12.2 Å². The van der Waals surface area contributed by atoms with Crippen molar-refractivity contribution in [1.29, 1.82) is 0 Å². The normalized spacial score (nSPS) is 18.3. The molecule has 4 heterocycles. The lowest BCUT2D eigenvalue weighted by atomic mass is 10.3. The third-order valence-electron chi connectivity index (χ3n) is 4.10. The molecule has 0 spiro atoms. The zero-order valence-corrected chi connectivity index (χ0v) is 16.5. The molecule has 1 aliphatic heterocycles. The van der Waals surface area contributed by atoms with Crippen LogP contribution in [-0.4, -0.2) is 47.1 Å². The molecule has 0 bridgehead atoms. The molecule has 0 radical (unpaired) electrons. The standard InChI is InChI=1S/C14H15BrN6O2S2/c1-9-17-18-14-13(16-5-7-21(9)14)20-6-4-10(8-20)19-25(22,23)12-3-2-11(15)24-12/h2-3,5,7,10,19H,4,6,8H2,1H3/t10-/m1/s1. The van der Waals surface area contributed by atoms with E-state index in [4.69, 9.17) is 0 Å². The minimum absolute atomic E-state index is 0.169. The second-order valence-electron chi connectivity index (χ2n) is 5.80. The van der Waals surface area contributed by atoms with E-state index in [0.717, 1.165) is 15.4 Å². The lowest BCUT2D eigenvalue weighted by molar-refractivity contribution is 0.563. The number of nitrogens with zero attached hydrogens (tertiary/aromatic N) is 5. The van der Waals surface area contributed by atoms with Gasteiger partial charge in [0.1, 0.15) is 10.0 Å². The molecular formula is C14H15BrN6O2S2. The molecule has 4 rings (SSSR count). The Balaban J connectivity index is 1.53. The summed E-state index contributed by atoms with van der Waals surface area (Å²) in [6, 6.07) is 3.17. The quantitative estimate of drug-likeness (QED) is 0.662. The van der Waals surface area contributed by atoms with Gasteiger partial charge in [-0.15, -0.1) is 21.5 Å². The maximum atomic E-state index is 12.5. The number of hydrogen-bond donors (Lipinski definition) is 1. The molecule has 0 amide bonds. The van der Waals surface area contributed by atoms with Gasteiger partial charge in [0.2, 0.25) is 15.7 Å². The Labute approximate surface area is 157 Å². The van der Waals surface area contributed by atoms with Crippen molar-refractivity contribution in [1.82, 2.24) is 24.3 Å². The summed E-state index contributed by atoms with van der Waals surface area (Å²) < 4.78 is 30.7. The van der Waals surface area contributed by atoms with Crippen LogP contribution in [0.3, 0.4) is 0 Å². The van der Waals surface area contributed by atoms with Gasteiger partial charge in [0.15, 0.2) is 5.82 Å². The molecular weight excluding hydrogens is 428 g/mol. The molecule has 0 aromatic carbocycles. The minimum atomic E-state index is -3.51. The number of halogens is 1. The molecule has 1 fully saturated rings. The van der Waals surface area contributed by atoms with E-state index in [1.165, 1.54) is 11.3 Å². The topological polar surface area (TPSA) is 92.5 Å². The predicted molar refractivity (Wildman–Crippen MR) is 98.5 cm³/mol. The van der Waals surface area contributed by atoms with Crippen molar-refractivity contribution in [2.45, 2.75) is 23.6 Å². The fraction of sp³-hybridized carbons (Fsp3) is 0.357. The first kappa shape index (κ1) is 16.9. The Hall–Kier alpha value is -1.56. The highest BCUT2D eigenvalue weighted by atomic mass is 79.9. The zero-order chi connectivity index (χ0) is 17.6. The first-order chi connectivity index (χ1) is 11.9. The average Bonchev–Trinajstić information content (AvgIpc) is 3.28. The molecule has 1 aliphatic rings. The van der Waals surface area contributed by atoms with Crippen LogP contribution in [0.5, 0.6) is 0 Å². The van der Waals surface area contributed by atoms with Crippen LogP contribution in [0.2, 0.25) is 0 Å². The summed E-state index contributed by atoms with van der Waals surface area (Å²) in [5, 5.41) is 8.26. The van der Waals surface area contributed by atoms with E-state index in [1.54, 1.807) is 18.3 Å². The van der Waals surface area contributed by atoms with Crippen LogP contribution < -0.4 is 9.62 Å².